The minimum atomic E-state index is 0.0623. The molecule has 0 N–H and O–H groups in total. The summed E-state index contributed by atoms with van der Waals surface area (Å²) in [5, 5.41) is 1.71. The van der Waals surface area contributed by atoms with Crippen molar-refractivity contribution in [3.63, 3.8) is 0 Å². The standard InChI is InChI=1S/C12H12ClNO/c1-3-14-11-7-10(13)5-4-9(11)6-8(2)12(14)15/h4-7H,3H2,1-2H3. The Morgan fingerprint density at radius 2 is 2.07 bits per heavy atom. The molecule has 0 aliphatic heterocycles. The molecule has 0 aliphatic carbocycles. The molecule has 1 heterocycles. The molecule has 0 aliphatic rings. The number of halogens is 1. The van der Waals surface area contributed by atoms with Gasteiger partial charge >= 0.3 is 0 Å². The van der Waals surface area contributed by atoms with E-state index in [1.165, 1.54) is 0 Å². The third kappa shape index (κ3) is 1.65. The second-order valence-electron chi connectivity index (χ2n) is 3.58. The van der Waals surface area contributed by atoms with E-state index < -0.39 is 0 Å². The number of pyridine rings is 1. The number of benzene rings is 1. The number of hydrogen-bond acceptors (Lipinski definition) is 1. The molecule has 0 atom stereocenters. The summed E-state index contributed by atoms with van der Waals surface area (Å²) in [6.45, 7) is 4.46. The average molecular weight is 222 g/mol. The van der Waals surface area contributed by atoms with Gasteiger partial charge in [-0.3, -0.25) is 4.79 Å². The maximum absolute atomic E-state index is 11.8. The van der Waals surface area contributed by atoms with Crippen molar-refractivity contribution in [3.05, 3.63) is 45.2 Å². The van der Waals surface area contributed by atoms with Crippen molar-refractivity contribution in [3.8, 4) is 0 Å². The first-order valence-electron chi connectivity index (χ1n) is 4.93. The van der Waals surface area contributed by atoms with Crippen LogP contribution in [0.3, 0.4) is 0 Å². The van der Waals surface area contributed by atoms with Gasteiger partial charge in [0, 0.05) is 17.1 Å². The lowest BCUT2D eigenvalue weighted by Gasteiger charge is -2.09. The van der Waals surface area contributed by atoms with Gasteiger partial charge in [0.25, 0.3) is 5.56 Å². The van der Waals surface area contributed by atoms with Crippen molar-refractivity contribution in [1.29, 1.82) is 0 Å². The molecule has 2 nitrogen and oxygen atoms in total. The van der Waals surface area contributed by atoms with Crippen molar-refractivity contribution in [2.45, 2.75) is 20.4 Å². The molecule has 1 aromatic carbocycles. The van der Waals surface area contributed by atoms with Crippen LogP contribution in [-0.4, -0.2) is 4.57 Å². The van der Waals surface area contributed by atoms with Gasteiger partial charge in [-0.05, 0) is 37.4 Å². The fourth-order valence-electron chi connectivity index (χ4n) is 1.80. The predicted octanol–water partition coefficient (Wildman–Crippen LogP) is 2.98. The summed E-state index contributed by atoms with van der Waals surface area (Å²) in [5.41, 5.74) is 1.74. The molecular formula is C12H12ClNO. The molecule has 0 amide bonds. The van der Waals surface area contributed by atoms with Crippen molar-refractivity contribution >= 4 is 22.5 Å². The van der Waals surface area contributed by atoms with E-state index in [-0.39, 0.29) is 5.56 Å². The summed E-state index contributed by atoms with van der Waals surface area (Å²) >= 11 is 5.92. The number of aromatic nitrogens is 1. The van der Waals surface area contributed by atoms with Crippen molar-refractivity contribution in [1.82, 2.24) is 4.57 Å². The normalized spacial score (nSPS) is 10.9. The molecule has 78 valence electrons. The van der Waals surface area contributed by atoms with Gasteiger partial charge in [0.05, 0.1) is 5.52 Å². The van der Waals surface area contributed by atoms with Crippen LogP contribution in [0.2, 0.25) is 5.02 Å². The van der Waals surface area contributed by atoms with Crippen molar-refractivity contribution < 1.29 is 0 Å². The fourth-order valence-corrected chi connectivity index (χ4v) is 1.97. The van der Waals surface area contributed by atoms with Crippen LogP contribution in [0.5, 0.6) is 0 Å². The number of rotatable bonds is 1. The largest absolute Gasteiger partial charge is 0.308 e. The topological polar surface area (TPSA) is 22.0 Å². The molecule has 2 aromatic rings. The molecule has 0 saturated heterocycles. The molecule has 0 unspecified atom stereocenters. The highest BCUT2D eigenvalue weighted by molar-refractivity contribution is 6.31. The number of fused-ring (bicyclic) bond motifs is 1. The molecule has 0 bridgehead atoms. The molecular weight excluding hydrogens is 210 g/mol. The average Bonchev–Trinajstić information content (AvgIpc) is 2.21. The second-order valence-corrected chi connectivity index (χ2v) is 4.02. The van der Waals surface area contributed by atoms with Crippen LogP contribution in [0.4, 0.5) is 0 Å². The van der Waals surface area contributed by atoms with Crippen LogP contribution in [0, 0.1) is 6.92 Å². The highest BCUT2D eigenvalue weighted by atomic mass is 35.5. The summed E-state index contributed by atoms with van der Waals surface area (Å²) in [6, 6.07) is 7.52. The van der Waals surface area contributed by atoms with Gasteiger partial charge in [-0.2, -0.15) is 0 Å². The lowest BCUT2D eigenvalue weighted by molar-refractivity contribution is 0.754. The van der Waals surface area contributed by atoms with Crippen LogP contribution < -0.4 is 5.56 Å². The van der Waals surface area contributed by atoms with Crippen LogP contribution in [0.25, 0.3) is 10.9 Å². The Balaban J connectivity index is 2.96. The zero-order chi connectivity index (χ0) is 11.0. The van der Waals surface area contributed by atoms with Gasteiger partial charge in [0.15, 0.2) is 0 Å². The third-order valence-corrected chi connectivity index (χ3v) is 2.79. The molecule has 0 radical (unpaired) electrons. The SMILES string of the molecule is CCn1c(=O)c(C)cc2ccc(Cl)cc21. The molecule has 0 saturated carbocycles. The monoisotopic (exact) mass is 221 g/mol. The lowest BCUT2D eigenvalue weighted by atomic mass is 10.1. The first-order chi connectivity index (χ1) is 7.13. The van der Waals surface area contributed by atoms with E-state index >= 15 is 0 Å². The Morgan fingerprint density at radius 3 is 2.73 bits per heavy atom. The van der Waals surface area contributed by atoms with E-state index in [0.29, 0.717) is 11.6 Å². The van der Waals surface area contributed by atoms with Gasteiger partial charge in [-0.15, -0.1) is 0 Å². The quantitative estimate of drug-likeness (QED) is 0.726. The fraction of sp³-hybridized carbons (Fsp3) is 0.250. The molecule has 3 heteroatoms. The van der Waals surface area contributed by atoms with E-state index in [0.717, 1.165) is 16.5 Å². The van der Waals surface area contributed by atoms with Crippen LogP contribution in [0.15, 0.2) is 29.1 Å². The summed E-state index contributed by atoms with van der Waals surface area (Å²) < 4.78 is 1.75. The lowest BCUT2D eigenvalue weighted by Crippen LogP contribution is -2.21. The minimum Gasteiger partial charge on any atom is -0.308 e. The summed E-state index contributed by atoms with van der Waals surface area (Å²) in [5.74, 6) is 0. The van der Waals surface area contributed by atoms with Gasteiger partial charge < -0.3 is 4.57 Å². The second kappa shape index (κ2) is 3.70. The zero-order valence-corrected chi connectivity index (χ0v) is 9.51. The minimum absolute atomic E-state index is 0.0623. The van der Waals surface area contributed by atoms with E-state index in [1.807, 2.05) is 38.1 Å². The van der Waals surface area contributed by atoms with Crippen molar-refractivity contribution in [2.75, 3.05) is 0 Å². The number of nitrogens with zero attached hydrogens (tertiary/aromatic N) is 1. The Kier molecular flexibility index (Phi) is 2.53. The highest BCUT2D eigenvalue weighted by Gasteiger charge is 2.05. The van der Waals surface area contributed by atoms with Crippen LogP contribution >= 0.6 is 11.6 Å². The Bertz CT molecular complexity index is 572. The molecule has 2 rings (SSSR count). The first-order valence-corrected chi connectivity index (χ1v) is 5.31. The molecule has 15 heavy (non-hydrogen) atoms. The van der Waals surface area contributed by atoms with E-state index in [2.05, 4.69) is 0 Å². The maximum atomic E-state index is 11.8. The smallest absolute Gasteiger partial charge is 0.253 e. The highest BCUT2D eigenvalue weighted by Crippen LogP contribution is 2.18. The number of aryl methyl sites for hydroxylation is 2. The molecule has 0 spiro atoms. The zero-order valence-electron chi connectivity index (χ0n) is 8.75. The predicted molar refractivity (Wildman–Crippen MR) is 63.6 cm³/mol. The van der Waals surface area contributed by atoms with E-state index in [4.69, 9.17) is 11.6 Å². The Morgan fingerprint density at radius 1 is 1.33 bits per heavy atom. The molecule has 0 fully saturated rings. The molecule has 1 aromatic heterocycles. The van der Waals surface area contributed by atoms with E-state index in [1.54, 1.807) is 4.57 Å². The summed E-state index contributed by atoms with van der Waals surface area (Å²) in [6.07, 6.45) is 0. The number of hydrogen-bond donors (Lipinski definition) is 0. The van der Waals surface area contributed by atoms with Gasteiger partial charge in [0.1, 0.15) is 0 Å². The maximum Gasteiger partial charge on any atom is 0.253 e. The van der Waals surface area contributed by atoms with Crippen LogP contribution in [0.1, 0.15) is 12.5 Å². The Labute approximate surface area is 93.1 Å². The first kappa shape index (κ1) is 10.2. The van der Waals surface area contributed by atoms with Crippen LogP contribution in [-0.2, 0) is 6.54 Å². The summed E-state index contributed by atoms with van der Waals surface area (Å²) in [7, 11) is 0. The summed E-state index contributed by atoms with van der Waals surface area (Å²) in [4.78, 5) is 11.8. The Hall–Kier alpha value is -1.28. The van der Waals surface area contributed by atoms with Gasteiger partial charge in [-0.25, -0.2) is 0 Å². The van der Waals surface area contributed by atoms with Crippen molar-refractivity contribution in [2.24, 2.45) is 0 Å². The van der Waals surface area contributed by atoms with E-state index in [9.17, 15) is 4.79 Å². The van der Waals surface area contributed by atoms with Gasteiger partial charge in [0.2, 0.25) is 0 Å². The third-order valence-electron chi connectivity index (χ3n) is 2.55. The van der Waals surface area contributed by atoms with Gasteiger partial charge in [-0.1, -0.05) is 17.7 Å².